The lowest BCUT2D eigenvalue weighted by Crippen LogP contribution is -2.55. The number of nitrogens with one attached hydrogen (secondary N) is 1. The van der Waals surface area contributed by atoms with Crippen LogP contribution in [0.25, 0.3) is 0 Å². The van der Waals surface area contributed by atoms with E-state index < -0.39 is 17.5 Å². The van der Waals surface area contributed by atoms with Crippen molar-refractivity contribution in [2.45, 2.75) is 43.0 Å². The van der Waals surface area contributed by atoms with Crippen molar-refractivity contribution in [3.8, 4) is 5.75 Å². The lowest BCUT2D eigenvalue weighted by molar-refractivity contribution is -0.534. The number of ether oxygens (including phenoxy) is 1. The van der Waals surface area contributed by atoms with Gasteiger partial charge >= 0.3 is 0 Å². The zero-order valence-corrected chi connectivity index (χ0v) is 20.5. The third-order valence-corrected chi connectivity index (χ3v) is 8.21. The Hall–Kier alpha value is -3.23. The number of nitro groups is 1. The van der Waals surface area contributed by atoms with Crippen molar-refractivity contribution in [1.29, 1.82) is 0 Å². The van der Waals surface area contributed by atoms with E-state index >= 15 is 0 Å². The lowest BCUT2D eigenvalue weighted by Gasteiger charge is -2.32. The van der Waals surface area contributed by atoms with Crippen LogP contribution in [0.1, 0.15) is 35.4 Å². The summed E-state index contributed by atoms with van der Waals surface area (Å²) in [5.41, 5.74) is 2.02. The van der Waals surface area contributed by atoms with Crippen molar-refractivity contribution in [2.75, 3.05) is 11.9 Å². The molecule has 0 saturated carbocycles. The topological polar surface area (TPSA) is 84.7 Å². The monoisotopic (exact) mass is 533 g/mol. The van der Waals surface area contributed by atoms with Crippen molar-refractivity contribution in [2.24, 2.45) is 0 Å². The Morgan fingerprint density at radius 3 is 2.57 bits per heavy atom. The number of halogens is 1. The first kappa shape index (κ1) is 22.2. The summed E-state index contributed by atoms with van der Waals surface area (Å²) in [6.07, 6.45) is 1.74. The highest BCUT2D eigenvalue weighted by Gasteiger charge is 2.73. The predicted molar refractivity (Wildman–Crippen MR) is 135 cm³/mol. The van der Waals surface area contributed by atoms with Crippen LogP contribution in [0.2, 0.25) is 0 Å². The molecule has 178 valence electrons. The fourth-order valence-corrected chi connectivity index (χ4v) is 6.57. The van der Waals surface area contributed by atoms with Crippen LogP contribution in [-0.4, -0.2) is 34.4 Å². The van der Waals surface area contributed by atoms with Crippen LogP contribution in [0.5, 0.6) is 5.75 Å². The van der Waals surface area contributed by atoms with Gasteiger partial charge in [-0.1, -0.05) is 58.4 Å². The summed E-state index contributed by atoms with van der Waals surface area (Å²) < 4.78 is 6.96. The van der Waals surface area contributed by atoms with Crippen LogP contribution in [-0.2, 0) is 16.9 Å². The van der Waals surface area contributed by atoms with Crippen LogP contribution in [0.3, 0.4) is 0 Å². The largest absolute Gasteiger partial charge is 0.489 e. The van der Waals surface area contributed by atoms with E-state index in [1.165, 1.54) is 0 Å². The number of fused-ring (bicyclic) bond motifs is 4. The van der Waals surface area contributed by atoms with E-state index in [9.17, 15) is 14.9 Å². The Labute approximate surface area is 211 Å². The lowest BCUT2D eigenvalue weighted by atomic mass is 9.77. The number of para-hydroxylation sites is 1. The highest BCUT2D eigenvalue weighted by atomic mass is 79.9. The SMILES string of the molecule is O=C1Nc2ccccc2[C@]12[C@H]([N+](=O)[O-])[C@@H](c1ccc(OCc3ccc(Br)cc3)cc1)[C@H]1CCCN12. The second-order valence-electron chi connectivity index (χ2n) is 9.41. The van der Waals surface area contributed by atoms with E-state index in [-0.39, 0.29) is 16.9 Å². The predicted octanol–water partition coefficient (Wildman–Crippen LogP) is 5.08. The first-order valence-electron chi connectivity index (χ1n) is 11.8. The van der Waals surface area contributed by atoms with Crippen LogP contribution >= 0.6 is 15.9 Å². The molecule has 0 aromatic heterocycles. The molecule has 0 bridgehead atoms. The van der Waals surface area contributed by atoms with Gasteiger partial charge < -0.3 is 10.1 Å². The third-order valence-electron chi connectivity index (χ3n) is 7.68. The normalized spacial score (nSPS) is 27.0. The molecule has 0 unspecified atom stereocenters. The number of benzene rings is 3. The molecule has 6 rings (SSSR count). The molecule has 35 heavy (non-hydrogen) atoms. The molecule has 3 aromatic carbocycles. The van der Waals surface area contributed by atoms with Gasteiger partial charge in [0.1, 0.15) is 12.4 Å². The Kier molecular flexibility index (Phi) is 5.38. The molecule has 8 heteroatoms. The molecule has 0 aliphatic carbocycles. The number of anilines is 1. The summed E-state index contributed by atoms with van der Waals surface area (Å²) in [6, 6.07) is 21.8. The molecule has 3 aromatic rings. The fourth-order valence-electron chi connectivity index (χ4n) is 6.31. The molecule has 0 radical (unpaired) electrons. The molecule has 3 heterocycles. The van der Waals surface area contributed by atoms with Crippen LogP contribution in [0, 0.1) is 10.1 Å². The maximum absolute atomic E-state index is 13.5. The van der Waals surface area contributed by atoms with Gasteiger partial charge in [-0.05, 0) is 54.3 Å². The van der Waals surface area contributed by atoms with Crippen LogP contribution in [0.4, 0.5) is 5.69 Å². The summed E-state index contributed by atoms with van der Waals surface area (Å²) in [7, 11) is 0. The molecule has 3 aliphatic rings. The Bertz CT molecular complexity index is 1300. The number of hydrogen-bond donors (Lipinski definition) is 1. The second-order valence-corrected chi connectivity index (χ2v) is 10.3. The van der Waals surface area contributed by atoms with Gasteiger partial charge in [0.15, 0.2) is 5.54 Å². The van der Waals surface area contributed by atoms with E-state index in [1.54, 1.807) is 0 Å². The van der Waals surface area contributed by atoms with Gasteiger partial charge in [0.05, 0.1) is 5.92 Å². The smallest absolute Gasteiger partial charge is 0.256 e. The molecule has 3 aliphatic heterocycles. The van der Waals surface area contributed by atoms with Gasteiger partial charge in [0.25, 0.3) is 11.9 Å². The van der Waals surface area contributed by atoms with E-state index in [4.69, 9.17) is 4.74 Å². The first-order chi connectivity index (χ1) is 17.0. The van der Waals surface area contributed by atoms with Crippen molar-refractivity contribution < 1.29 is 14.5 Å². The Morgan fingerprint density at radius 1 is 1.09 bits per heavy atom. The standard InChI is InChI=1S/C27H24BrN3O4/c28-19-11-7-17(8-12-19)16-35-20-13-9-18(10-14-20)24-23-6-3-15-30(23)27(25(24)31(33)34)21-4-1-2-5-22(21)29-26(27)32/h1-2,4-5,7-14,23-25H,3,6,15-16H2,(H,29,32)/t23-,24+,25-,27+/m1/s1. The highest BCUT2D eigenvalue weighted by Crippen LogP contribution is 2.58. The Balaban J connectivity index is 1.34. The molecule has 2 saturated heterocycles. The number of nitrogens with zero attached hydrogens (tertiary/aromatic N) is 2. The quantitative estimate of drug-likeness (QED) is 0.365. The minimum atomic E-state index is -1.29. The summed E-state index contributed by atoms with van der Waals surface area (Å²) in [5.74, 6) is 0.0171. The number of amides is 1. The summed E-state index contributed by atoms with van der Waals surface area (Å²) >= 11 is 3.43. The molecule has 2 fully saturated rings. The number of hydrogen-bond acceptors (Lipinski definition) is 5. The van der Waals surface area contributed by atoms with Crippen molar-refractivity contribution in [3.63, 3.8) is 0 Å². The van der Waals surface area contributed by atoms with E-state index in [0.29, 0.717) is 24.6 Å². The number of carbonyl (C=O) groups is 1. The van der Waals surface area contributed by atoms with Gasteiger partial charge in [-0.15, -0.1) is 0 Å². The second kappa shape index (κ2) is 8.46. The van der Waals surface area contributed by atoms with Gasteiger partial charge in [-0.3, -0.25) is 19.8 Å². The van der Waals surface area contributed by atoms with Gasteiger partial charge in [0.2, 0.25) is 0 Å². The summed E-state index contributed by atoms with van der Waals surface area (Å²) in [5, 5.41) is 15.6. The maximum Gasteiger partial charge on any atom is 0.256 e. The number of carbonyl (C=O) groups excluding carboxylic acids is 1. The molecular formula is C27H24BrN3O4. The van der Waals surface area contributed by atoms with Crippen molar-refractivity contribution in [3.05, 3.63) is 104 Å². The van der Waals surface area contributed by atoms with E-state index in [1.807, 2.05) is 72.8 Å². The van der Waals surface area contributed by atoms with Crippen molar-refractivity contribution in [1.82, 2.24) is 4.90 Å². The molecule has 1 spiro atoms. The molecule has 7 nitrogen and oxygen atoms in total. The van der Waals surface area contributed by atoms with E-state index in [2.05, 4.69) is 26.1 Å². The first-order valence-corrected chi connectivity index (χ1v) is 12.6. The van der Waals surface area contributed by atoms with Crippen molar-refractivity contribution >= 4 is 27.5 Å². The average molecular weight is 534 g/mol. The maximum atomic E-state index is 13.5. The zero-order valence-electron chi connectivity index (χ0n) is 18.9. The Morgan fingerprint density at radius 2 is 1.83 bits per heavy atom. The van der Waals surface area contributed by atoms with Crippen LogP contribution in [0.15, 0.2) is 77.3 Å². The summed E-state index contributed by atoms with van der Waals surface area (Å²) in [6.45, 7) is 1.10. The zero-order chi connectivity index (χ0) is 24.2. The summed E-state index contributed by atoms with van der Waals surface area (Å²) in [4.78, 5) is 28.0. The number of rotatable bonds is 5. The molecule has 1 amide bonds. The highest BCUT2D eigenvalue weighted by molar-refractivity contribution is 9.10. The average Bonchev–Trinajstić information content (AvgIpc) is 3.52. The van der Waals surface area contributed by atoms with Gasteiger partial charge in [-0.2, -0.15) is 0 Å². The minimum absolute atomic E-state index is 0.0724. The minimum Gasteiger partial charge on any atom is -0.489 e. The third kappa shape index (κ3) is 3.38. The molecule has 1 N–H and O–H groups in total. The molecule has 4 atom stereocenters. The van der Waals surface area contributed by atoms with E-state index in [0.717, 1.165) is 34.0 Å². The molecular weight excluding hydrogens is 510 g/mol. The van der Waals surface area contributed by atoms with Gasteiger partial charge in [0, 0.05) is 33.2 Å². The van der Waals surface area contributed by atoms with Gasteiger partial charge in [-0.25, -0.2) is 0 Å². The fraction of sp³-hybridized carbons (Fsp3) is 0.296. The van der Waals surface area contributed by atoms with Crippen LogP contribution < -0.4 is 10.1 Å².